The van der Waals surface area contributed by atoms with Crippen LogP contribution in [0.1, 0.15) is 22.8 Å². The second-order valence-corrected chi connectivity index (χ2v) is 10.0. The van der Waals surface area contributed by atoms with Crippen LogP contribution in [0, 0.1) is 0 Å². The molecule has 0 radical (unpaired) electrons. The van der Waals surface area contributed by atoms with Crippen LogP contribution in [0.2, 0.25) is 0 Å². The first-order valence-corrected chi connectivity index (χ1v) is 13.3. The van der Waals surface area contributed by atoms with Crippen LogP contribution in [0.15, 0.2) is 114 Å². The number of carbonyl (C=O) groups is 3. The van der Waals surface area contributed by atoms with E-state index in [9.17, 15) is 14.4 Å². The number of para-hydroxylation sites is 1. The Morgan fingerprint density at radius 3 is 2.33 bits per heavy atom. The average Bonchev–Trinajstić information content (AvgIpc) is 2.98. The van der Waals surface area contributed by atoms with Crippen LogP contribution in [0.3, 0.4) is 0 Å². The van der Waals surface area contributed by atoms with E-state index in [-0.39, 0.29) is 11.6 Å². The maximum absolute atomic E-state index is 13.4. The maximum Gasteiger partial charge on any atom is 0.272 e. The van der Waals surface area contributed by atoms with Crippen molar-refractivity contribution in [3.63, 3.8) is 0 Å². The van der Waals surface area contributed by atoms with Gasteiger partial charge >= 0.3 is 0 Å². The lowest BCUT2D eigenvalue weighted by atomic mass is 10.1. The van der Waals surface area contributed by atoms with Gasteiger partial charge in [-0.05, 0) is 61.5 Å². The number of nitrogens with zero attached hydrogens (tertiary/aromatic N) is 1. The molecule has 1 atom stereocenters. The largest absolute Gasteiger partial charge is 0.496 e. The molecule has 3 aromatic carbocycles. The Labute approximate surface area is 236 Å². The molecular formula is C31H28N4O4S. The lowest BCUT2D eigenvalue weighted by Crippen LogP contribution is -2.30. The van der Waals surface area contributed by atoms with Gasteiger partial charge in [0, 0.05) is 39.8 Å². The summed E-state index contributed by atoms with van der Waals surface area (Å²) in [6, 6.07) is 26.4. The van der Waals surface area contributed by atoms with Gasteiger partial charge in [-0.1, -0.05) is 42.5 Å². The Kier molecular flexibility index (Phi) is 9.68. The Morgan fingerprint density at radius 1 is 0.850 bits per heavy atom. The molecule has 0 fully saturated rings. The SMILES string of the molecule is COc1ccccc1/C=C(/NC(=O)c1ccccc1)C(=O)Nc1cccc(SC(C)C(=O)Nc2ccncc2)c1. The smallest absolute Gasteiger partial charge is 0.272 e. The average molecular weight is 553 g/mol. The van der Waals surface area contributed by atoms with E-state index < -0.39 is 17.1 Å². The maximum atomic E-state index is 13.4. The lowest BCUT2D eigenvalue weighted by Gasteiger charge is -2.14. The van der Waals surface area contributed by atoms with Crippen LogP contribution < -0.4 is 20.7 Å². The number of thioether (sulfide) groups is 1. The fourth-order valence-electron chi connectivity index (χ4n) is 3.67. The fourth-order valence-corrected chi connectivity index (χ4v) is 4.59. The number of carbonyl (C=O) groups excluding carboxylic acids is 3. The van der Waals surface area contributed by atoms with Crippen LogP contribution in [0.5, 0.6) is 5.75 Å². The first kappa shape index (κ1) is 28.1. The quantitative estimate of drug-likeness (QED) is 0.174. The zero-order valence-electron chi connectivity index (χ0n) is 22.0. The predicted octanol–water partition coefficient (Wildman–Crippen LogP) is 5.62. The minimum absolute atomic E-state index is 0.0431. The van der Waals surface area contributed by atoms with Crippen molar-refractivity contribution in [1.82, 2.24) is 10.3 Å². The Balaban J connectivity index is 1.51. The summed E-state index contributed by atoms with van der Waals surface area (Å²) in [5.74, 6) is -0.536. The normalized spacial score (nSPS) is 11.7. The van der Waals surface area contributed by atoms with E-state index in [1.54, 1.807) is 92.1 Å². The summed E-state index contributed by atoms with van der Waals surface area (Å²) in [4.78, 5) is 43.7. The summed E-state index contributed by atoms with van der Waals surface area (Å²) in [7, 11) is 1.54. The number of ether oxygens (including phenoxy) is 1. The molecule has 0 aliphatic heterocycles. The van der Waals surface area contributed by atoms with Crippen molar-refractivity contribution in [3.05, 3.63) is 120 Å². The molecule has 0 aliphatic carbocycles. The van der Waals surface area contributed by atoms with E-state index in [0.29, 0.717) is 28.3 Å². The molecule has 3 N–H and O–H groups in total. The molecule has 0 saturated heterocycles. The molecule has 4 aromatic rings. The van der Waals surface area contributed by atoms with Crippen LogP contribution >= 0.6 is 11.8 Å². The molecule has 8 nitrogen and oxygen atoms in total. The summed E-state index contributed by atoms with van der Waals surface area (Å²) < 4.78 is 5.42. The zero-order valence-corrected chi connectivity index (χ0v) is 22.8. The van der Waals surface area contributed by atoms with Crippen molar-refractivity contribution in [2.45, 2.75) is 17.1 Å². The predicted molar refractivity (Wildman–Crippen MR) is 158 cm³/mol. The van der Waals surface area contributed by atoms with E-state index >= 15 is 0 Å². The third kappa shape index (κ3) is 7.81. The highest BCUT2D eigenvalue weighted by Gasteiger charge is 2.18. The van der Waals surface area contributed by atoms with Gasteiger partial charge in [0.05, 0.1) is 12.4 Å². The number of hydrogen-bond acceptors (Lipinski definition) is 6. The Morgan fingerprint density at radius 2 is 1.57 bits per heavy atom. The van der Waals surface area contributed by atoms with E-state index in [1.165, 1.54) is 18.9 Å². The van der Waals surface area contributed by atoms with Gasteiger partial charge < -0.3 is 20.7 Å². The molecule has 9 heteroatoms. The van der Waals surface area contributed by atoms with Gasteiger partial charge in [0.15, 0.2) is 0 Å². The summed E-state index contributed by atoms with van der Waals surface area (Å²) >= 11 is 1.36. The van der Waals surface area contributed by atoms with E-state index in [1.807, 2.05) is 24.3 Å². The van der Waals surface area contributed by atoms with Crippen LogP contribution in [-0.2, 0) is 9.59 Å². The summed E-state index contributed by atoms with van der Waals surface area (Å²) in [5, 5.41) is 8.05. The standard InChI is InChI=1S/C31H28N4O4S/c1-21(29(36)33-24-15-17-32-18-16-24)40-26-13-8-12-25(20-26)34-31(38)27(19-23-11-6-7-14-28(23)39-2)35-30(37)22-9-4-3-5-10-22/h3-21H,1-2H3,(H,34,38)(H,35,37)(H,32,33,36)/b27-19+. The van der Waals surface area contributed by atoms with Crippen LogP contribution in [0.25, 0.3) is 6.08 Å². The molecule has 1 heterocycles. The molecule has 1 aromatic heterocycles. The van der Waals surface area contributed by atoms with Crippen molar-refractivity contribution >= 4 is 46.9 Å². The highest BCUT2D eigenvalue weighted by atomic mass is 32.2. The third-order valence-corrected chi connectivity index (χ3v) is 6.78. The van der Waals surface area contributed by atoms with Crippen molar-refractivity contribution < 1.29 is 19.1 Å². The molecule has 1 unspecified atom stereocenters. The van der Waals surface area contributed by atoms with Crippen LogP contribution in [-0.4, -0.2) is 35.1 Å². The molecule has 0 bridgehead atoms. The molecule has 0 saturated carbocycles. The summed E-state index contributed by atoms with van der Waals surface area (Å²) in [5.41, 5.74) is 2.26. The fraction of sp³-hybridized carbons (Fsp3) is 0.0968. The Hall–Kier alpha value is -4.89. The van der Waals surface area contributed by atoms with Gasteiger partial charge in [0.1, 0.15) is 11.4 Å². The summed E-state index contributed by atoms with van der Waals surface area (Å²) in [6.45, 7) is 1.81. The second-order valence-electron chi connectivity index (χ2n) is 8.59. The zero-order chi connectivity index (χ0) is 28.3. The summed E-state index contributed by atoms with van der Waals surface area (Å²) in [6.07, 6.45) is 4.79. The minimum Gasteiger partial charge on any atom is -0.496 e. The van der Waals surface area contributed by atoms with E-state index in [4.69, 9.17) is 4.74 Å². The molecule has 202 valence electrons. The second kappa shape index (κ2) is 13.8. The first-order valence-electron chi connectivity index (χ1n) is 12.4. The first-order chi connectivity index (χ1) is 19.4. The number of rotatable bonds is 10. The van der Waals surface area contributed by atoms with Crippen molar-refractivity contribution in [1.29, 1.82) is 0 Å². The number of benzene rings is 3. The number of aromatic nitrogens is 1. The minimum atomic E-state index is -0.513. The number of anilines is 2. The van der Waals surface area contributed by atoms with Crippen molar-refractivity contribution in [3.8, 4) is 5.75 Å². The van der Waals surface area contributed by atoms with Crippen molar-refractivity contribution in [2.75, 3.05) is 17.7 Å². The molecule has 4 rings (SSSR count). The number of amides is 3. The number of methoxy groups -OCH3 is 1. The molecule has 40 heavy (non-hydrogen) atoms. The molecule has 3 amide bonds. The van der Waals surface area contributed by atoms with E-state index in [2.05, 4.69) is 20.9 Å². The number of hydrogen-bond donors (Lipinski definition) is 3. The van der Waals surface area contributed by atoms with Gasteiger partial charge in [0.25, 0.3) is 11.8 Å². The monoisotopic (exact) mass is 552 g/mol. The third-order valence-electron chi connectivity index (χ3n) is 5.69. The van der Waals surface area contributed by atoms with Gasteiger partial charge in [-0.2, -0.15) is 0 Å². The highest BCUT2D eigenvalue weighted by molar-refractivity contribution is 8.00. The van der Waals surface area contributed by atoms with Gasteiger partial charge in [-0.25, -0.2) is 0 Å². The van der Waals surface area contributed by atoms with Crippen LogP contribution in [0.4, 0.5) is 11.4 Å². The molecular weight excluding hydrogens is 524 g/mol. The van der Waals surface area contributed by atoms with Gasteiger partial charge in [0.2, 0.25) is 5.91 Å². The van der Waals surface area contributed by atoms with Gasteiger partial charge in [-0.15, -0.1) is 11.8 Å². The number of nitrogens with one attached hydrogen (secondary N) is 3. The number of pyridine rings is 1. The van der Waals surface area contributed by atoms with Gasteiger partial charge in [-0.3, -0.25) is 19.4 Å². The van der Waals surface area contributed by atoms with Crippen molar-refractivity contribution in [2.24, 2.45) is 0 Å². The topological polar surface area (TPSA) is 109 Å². The lowest BCUT2D eigenvalue weighted by molar-refractivity contribution is -0.115. The molecule has 0 aliphatic rings. The molecule has 0 spiro atoms. The Bertz CT molecular complexity index is 1510. The highest BCUT2D eigenvalue weighted by Crippen LogP contribution is 2.27. The van der Waals surface area contributed by atoms with E-state index in [0.717, 1.165) is 4.90 Å².